The Hall–Kier alpha value is -0.870. The summed E-state index contributed by atoms with van der Waals surface area (Å²) in [5, 5.41) is 9.68. The van der Waals surface area contributed by atoms with E-state index in [1.165, 1.54) is 36.1 Å². The minimum absolute atomic E-state index is 0.176. The number of thiophene rings is 1. The molecule has 0 saturated carbocycles. The molecule has 1 aromatic heterocycles. The van der Waals surface area contributed by atoms with Crippen LogP contribution in [0, 0.1) is 5.92 Å². The summed E-state index contributed by atoms with van der Waals surface area (Å²) in [4.78, 5) is 16.9. The zero-order valence-electron chi connectivity index (χ0n) is 12.8. The first-order valence-electron chi connectivity index (χ1n) is 8.24. The lowest BCUT2D eigenvalue weighted by molar-refractivity contribution is 0.0767. The molecule has 1 aliphatic heterocycles. The lowest BCUT2D eigenvalue weighted by Crippen LogP contribution is -2.29. The topological polar surface area (TPSA) is 40.5 Å². The van der Waals surface area contributed by atoms with Crippen molar-refractivity contribution in [3.05, 3.63) is 21.4 Å². The fraction of sp³-hybridized carbons (Fsp3) is 0.706. The van der Waals surface area contributed by atoms with Crippen molar-refractivity contribution in [2.75, 3.05) is 13.1 Å². The van der Waals surface area contributed by atoms with Crippen LogP contribution in [-0.4, -0.2) is 35.1 Å². The monoisotopic (exact) mass is 307 g/mol. The van der Waals surface area contributed by atoms with Crippen molar-refractivity contribution in [1.29, 1.82) is 0 Å². The number of aryl methyl sites for hydroxylation is 2. The first kappa shape index (κ1) is 15.0. The van der Waals surface area contributed by atoms with E-state index in [0.29, 0.717) is 6.54 Å². The maximum Gasteiger partial charge on any atom is 0.263 e. The van der Waals surface area contributed by atoms with E-state index in [2.05, 4.69) is 6.07 Å². The predicted molar refractivity (Wildman–Crippen MR) is 85.9 cm³/mol. The zero-order chi connectivity index (χ0) is 14.8. The SMILES string of the molecule is CC(O)C1CCN(C(=O)c2cc3c(s2)CCCCCC3)C1. The highest BCUT2D eigenvalue weighted by atomic mass is 32.1. The lowest BCUT2D eigenvalue weighted by atomic mass is 10.00. The summed E-state index contributed by atoms with van der Waals surface area (Å²) in [5.74, 6) is 0.421. The number of hydrogen-bond donors (Lipinski definition) is 1. The second kappa shape index (κ2) is 6.49. The van der Waals surface area contributed by atoms with Crippen molar-refractivity contribution in [3.63, 3.8) is 0 Å². The van der Waals surface area contributed by atoms with E-state index < -0.39 is 0 Å². The Kier molecular flexibility index (Phi) is 4.65. The van der Waals surface area contributed by atoms with Crippen LogP contribution in [0.1, 0.15) is 59.1 Å². The van der Waals surface area contributed by atoms with Crippen LogP contribution in [0.3, 0.4) is 0 Å². The van der Waals surface area contributed by atoms with Gasteiger partial charge in [-0.15, -0.1) is 11.3 Å². The van der Waals surface area contributed by atoms with Gasteiger partial charge in [0.05, 0.1) is 11.0 Å². The number of fused-ring (bicyclic) bond motifs is 1. The van der Waals surface area contributed by atoms with Gasteiger partial charge in [-0.25, -0.2) is 0 Å². The molecule has 1 saturated heterocycles. The molecule has 1 aromatic rings. The Labute approximate surface area is 131 Å². The van der Waals surface area contributed by atoms with Gasteiger partial charge in [0, 0.05) is 23.9 Å². The Morgan fingerprint density at radius 1 is 1.33 bits per heavy atom. The molecule has 116 valence electrons. The smallest absolute Gasteiger partial charge is 0.263 e. The van der Waals surface area contributed by atoms with E-state index in [0.717, 1.165) is 30.7 Å². The average Bonchev–Trinajstić information content (AvgIpc) is 3.05. The predicted octanol–water partition coefficient (Wildman–Crippen LogP) is 3.25. The second-order valence-corrected chi connectivity index (χ2v) is 7.65. The van der Waals surface area contributed by atoms with Gasteiger partial charge >= 0.3 is 0 Å². The molecule has 1 amide bonds. The summed E-state index contributed by atoms with van der Waals surface area (Å²) in [6.45, 7) is 3.32. The first-order valence-corrected chi connectivity index (χ1v) is 9.05. The standard InChI is InChI=1S/C17H25NO2S/c1-12(19)14-8-9-18(11-14)17(20)16-10-13-6-4-2-3-5-7-15(13)21-16/h10,12,14,19H,2-9,11H2,1H3. The minimum atomic E-state index is -0.314. The number of aliphatic hydroxyl groups is 1. The maximum atomic E-state index is 12.7. The largest absolute Gasteiger partial charge is 0.393 e. The first-order chi connectivity index (χ1) is 10.1. The Bertz CT molecular complexity index is 483. The summed E-state index contributed by atoms with van der Waals surface area (Å²) in [6, 6.07) is 2.14. The van der Waals surface area contributed by atoms with Crippen LogP contribution >= 0.6 is 11.3 Å². The van der Waals surface area contributed by atoms with Crippen LogP contribution in [0.25, 0.3) is 0 Å². The van der Waals surface area contributed by atoms with Gasteiger partial charge in [0.25, 0.3) is 5.91 Å². The van der Waals surface area contributed by atoms with Gasteiger partial charge in [-0.1, -0.05) is 12.8 Å². The number of likely N-dealkylation sites (tertiary alicyclic amines) is 1. The average molecular weight is 307 g/mol. The van der Waals surface area contributed by atoms with Crippen molar-refractivity contribution in [1.82, 2.24) is 4.90 Å². The van der Waals surface area contributed by atoms with Crippen LogP contribution < -0.4 is 0 Å². The fourth-order valence-corrected chi connectivity index (χ4v) is 4.69. The molecule has 21 heavy (non-hydrogen) atoms. The summed E-state index contributed by atoms with van der Waals surface area (Å²) >= 11 is 1.71. The van der Waals surface area contributed by atoms with Crippen molar-refractivity contribution >= 4 is 17.2 Å². The molecule has 3 rings (SSSR count). The molecule has 2 unspecified atom stereocenters. The highest BCUT2D eigenvalue weighted by Crippen LogP contribution is 2.30. The van der Waals surface area contributed by atoms with Crippen LogP contribution in [0.2, 0.25) is 0 Å². The van der Waals surface area contributed by atoms with Gasteiger partial charge in [0.15, 0.2) is 0 Å². The van der Waals surface area contributed by atoms with E-state index >= 15 is 0 Å². The number of amides is 1. The van der Waals surface area contributed by atoms with Crippen LogP contribution in [0.4, 0.5) is 0 Å². The molecule has 0 aromatic carbocycles. The summed E-state index contributed by atoms with van der Waals surface area (Å²) in [5.41, 5.74) is 1.41. The maximum absolute atomic E-state index is 12.7. The molecule has 2 heterocycles. The molecule has 1 fully saturated rings. The lowest BCUT2D eigenvalue weighted by Gasteiger charge is -2.16. The second-order valence-electron chi connectivity index (χ2n) is 6.51. The van der Waals surface area contributed by atoms with Crippen LogP contribution in [0.5, 0.6) is 0 Å². The third-order valence-electron chi connectivity index (χ3n) is 4.90. The molecule has 2 aliphatic rings. The van der Waals surface area contributed by atoms with Crippen LogP contribution in [-0.2, 0) is 12.8 Å². The quantitative estimate of drug-likeness (QED) is 0.911. The van der Waals surface area contributed by atoms with E-state index in [9.17, 15) is 9.90 Å². The van der Waals surface area contributed by atoms with Gasteiger partial charge in [0.2, 0.25) is 0 Å². The number of nitrogens with zero attached hydrogens (tertiary/aromatic N) is 1. The molecule has 0 spiro atoms. The Balaban J connectivity index is 1.72. The molecule has 1 N–H and O–H groups in total. The van der Waals surface area contributed by atoms with Gasteiger partial charge in [-0.2, -0.15) is 0 Å². The molecule has 1 aliphatic carbocycles. The minimum Gasteiger partial charge on any atom is -0.393 e. The fourth-order valence-electron chi connectivity index (χ4n) is 3.47. The molecule has 4 heteroatoms. The van der Waals surface area contributed by atoms with Crippen molar-refractivity contribution in [3.8, 4) is 0 Å². The highest BCUT2D eigenvalue weighted by Gasteiger charge is 2.30. The molecular weight excluding hydrogens is 282 g/mol. The summed E-state index contributed by atoms with van der Waals surface area (Å²) < 4.78 is 0. The van der Waals surface area contributed by atoms with E-state index in [1.807, 2.05) is 11.8 Å². The highest BCUT2D eigenvalue weighted by molar-refractivity contribution is 7.14. The van der Waals surface area contributed by atoms with E-state index in [-0.39, 0.29) is 17.9 Å². The Morgan fingerprint density at radius 3 is 2.81 bits per heavy atom. The third-order valence-corrected chi connectivity index (χ3v) is 6.13. The normalized spacial score (nSPS) is 24.3. The van der Waals surface area contributed by atoms with Gasteiger partial charge in [-0.3, -0.25) is 4.79 Å². The van der Waals surface area contributed by atoms with Crippen molar-refractivity contribution in [2.24, 2.45) is 5.92 Å². The summed E-state index contributed by atoms with van der Waals surface area (Å²) in [6.07, 6.45) is 8.04. The third kappa shape index (κ3) is 3.32. The molecule has 0 radical (unpaired) electrons. The van der Waals surface area contributed by atoms with Gasteiger partial charge < -0.3 is 10.0 Å². The number of carbonyl (C=O) groups excluding carboxylic acids is 1. The van der Waals surface area contributed by atoms with E-state index in [4.69, 9.17) is 0 Å². The molecule has 0 bridgehead atoms. The van der Waals surface area contributed by atoms with Crippen LogP contribution in [0.15, 0.2) is 6.07 Å². The van der Waals surface area contributed by atoms with E-state index in [1.54, 1.807) is 11.3 Å². The number of hydrogen-bond acceptors (Lipinski definition) is 3. The van der Waals surface area contributed by atoms with Gasteiger partial charge in [0.1, 0.15) is 0 Å². The number of carbonyl (C=O) groups is 1. The number of aliphatic hydroxyl groups excluding tert-OH is 1. The Morgan fingerprint density at radius 2 is 2.10 bits per heavy atom. The molecular formula is C17H25NO2S. The molecule has 2 atom stereocenters. The summed E-state index contributed by atoms with van der Waals surface area (Å²) in [7, 11) is 0. The van der Waals surface area contributed by atoms with Gasteiger partial charge in [-0.05, 0) is 50.7 Å². The zero-order valence-corrected chi connectivity index (χ0v) is 13.6. The van der Waals surface area contributed by atoms with Crippen molar-refractivity contribution in [2.45, 2.75) is 58.0 Å². The van der Waals surface area contributed by atoms with Crippen molar-refractivity contribution < 1.29 is 9.90 Å². The number of rotatable bonds is 2. The molecule has 3 nitrogen and oxygen atoms in total.